The van der Waals surface area contributed by atoms with Crippen molar-refractivity contribution in [3.8, 4) is 11.5 Å². The highest BCUT2D eigenvalue weighted by Crippen LogP contribution is 2.25. The maximum Gasteiger partial charge on any atom is 0.238 e. The zero-order valence-electron chi connectivity index (χ0n) is 9.16. The minimum absolute atomic E-state index is 0.0492. The molecule has 1 aromatic rings. The summed E-state index contributed by atoms with van der Waals surface area (Å²) in [4.78, 5) is 11.2. The third-order valence-corrected chi connectivity index (χ3v) is 2.27. The van der Waals surface area contributed by atoms with E-state index in [4.69, 9.17) is 16.3 Å². The topological polar surface area (TPSA) is 58.6 Å². The second-order valence-corrected chi connectivity index (χ2v) is 3.99. The lowest BCUT2D eigenvalue weighted by Crippen LogP contribution is -2.28. The fraction of sp³-hybridized carbons (Fsp3) is 0.364. The monoisotopic (exact) mass is 243 g/mol. The Hall–Kier alpha value is -1.42. The molecule has 2 N–H and O–H groups in total. The van der Waals surface area contributed by atoms with Crippen LogP contribution in [-0.2, 0) is 11.3 Å². The number of phenolic OH excluding ortho intramolecular Hbond substituents is 1. The number of phenols is 1. The van der Waals surface area contributed by atoms with E-state index in [1.807, 2.05) is 0 Å². The molecule has 1 aromatic carbocycles. The lowest BCUT2D eigenvalue weighted by Gasteiger charge is -2.08. The van der Waals surface area contributed by atoms with Gasteiger partial charge in [0.05, 0.1) is 7.11 Å². The van der Waals surface area contributed by atoms with Gasteiger partial charge >= 0.3 is 0 Å². The number of ether oxygens (including phenoxy) is 1. The predicted molar refractivity (Wildman–Crippen MR) is 61.8 cm³/mol. The third kappa shape index (κ3) is 3.31. The number of hydrogen-bond acceptors (Lipinski definition) is 3. The molecule has 0 saturated heterocycles. The number of aromatic hydroxyl groups is 1. The van der Waals surface area contributed by atoms with Crippen LogP contribution < -0.4 is 10.1 Å². The van der Waals surface area contributed by atoms with Crippen molar-refractivity contribution in [3.05, 3.63) is 23.8 Å². The molecule has 0 aliphatic heterocycles. The summed E-state index contributed by atoms with van der Waals surface area (Å²) in [6.45, 7) is 1.93. The van der Waals surface area contributed by atoms with Gasteiger partial charge in [0.2, 0.25) is 5.91 Å². The first-order valence-electron chi connectivity index (χ1n) is 4.82. The molecule has 0 radical (unpaired) electrons. The number of hydrogen-bond donors (Lipinski definition) is 2. The van der Waals surface area contributed by atoms with Gasteiger partial charge in [0.25, 0.3) is 0 Å². The molecule has 0 aromatic heterocycles. The fourth-order valence-electron chi connectivity index (χ4n) is 1.18. The molecule has 0 spiro atoms. The fourth-order valence-corrected chi connectivity index (χ4v) is 1.25. The highest BCUT2D eigenvalue weighted by Gasteiger charge is 2.08. The summed E-state index contributed by atoms with van der Waals surface area (Å²) in [6.07, 6.45) is 0. The first-order valence-corrected chi connectivity index (χ1v) is 5.26. The Morgan fingerprint density at radius 3 is 2.81 bits per heavy atom. The summed E-state index contributed by atoms with van der Waals surface area (Å²) >= 11 is 5.59. The van der Waals surface area contributed by atoms with Gasteiger partial charge in [-0.1, -0.05) is 6.07 Å². The predicted octanol–water partition coefficient (Wildman–Crippen LogP) is 1.64. The van der Waals surface area contributed by atoms with Crippen molar-refractivity contribution in [2.45, 2.75) is 18.8 Å². The largest absolute Gasteiger partial charge is 0.504 e. The van der Waals surface area contributed by atoms with Gasteiger partial charge in [0.1, 0.15) is 5.38 Å². The lowest BCUT2D eigenvalue weighted by molar-refractivity contribution is -0.120. The zero-order chi connectivity index (χ0) is 12.1. The summed E-state index contributed by atoms with van der Waals surface area (Å²) in [6, 6.07) is 4.94. The molecule has 0 aliphatic rings. The molecule has 16 heavy (non-hydrogen) atoms. The summed E-state index contributed by atoms with van der Waals surface area (Å²) in [5.74, 6) is 0.214. The Balaban J connectivity index is 2.62. The van der Waals surface area contributed by atoms with Crippen LogP contribution in [0.4, 0.5) is 0 Å². The normalized spacial score (nSPS) is 11.9. The van der Waals surface area contributed by atoms with E-state index in [1.54, 1.807) is 19.1 Å². The molecule has 1 amide bonds. The summed E-state index contributed by atoms with van der Waals surface area (Å²) in [7, 11) is 1.48. The van der Waals surface area contributed by atoms with Gasteiger partial charge in [-0.3, -0.25) is 4.79 Å². The van der Waals surface area contributed by atoms with Crippen LogP contribution in [0.2, 0.25) is 0 Å². The first-order chi connectivity index (χ1) is 7.54. The molecule has 0 fully saturated rings. The van der Waals surface area contributed by atoms with Crippen LogP contribution in [0.1, 0.15) is 12.5 Å². The molecule has 1 unspecified atom stereocenters. The lowest BCUT2D eigenvalue weighted by atomic mass is 10.2. The molecule has 5 heteroatoms. The van der Waals surface area contributed by atoms with Crippen molar-refractivity contribution in [2.24, 2.45) is 0 Å². The van der Waals surface area contributed by atoms with Gasteiger partial charge in [-0.15, -0.1) is 11.6 Å². The first kappa shape index (κ1) is 12.6. The number of benzene rings is 1. The van der Waals surface area contributed by atoms with Gasteiger partial charge in [-0.05, 0) is 24.6 Å². The van der Waals surface area contributed by atoms with E-state index < -0.39 is 5.38 Å². The number of carbonyl (C=O) groups is 1. The number of nitrogens with one attached hydrogen (secondary N) is 1. The Bertz CT molecular complexity index is 379. The van der Waals surface area contributed by atoms with Crippen LogP contribution in [0.5, 0.6) is 11.5 Å². The van der Waals surface area contributed by atoms with E-state index >= 15 is 0 Å². The molecule has 1 rings (SSSR count). The third-order valence-electron chi connectivity index (χ3n) is 2.07. The van der Waals surface area contributed by atoms with Gasteiger partial charge in [0.15, 0.2) is 11.5 Å². The van der Waals surface area contributed by atoms with Crippen LogP contribution in [0.25, 0.3) is 0 Å². The SMILES string of the molecule is COc1ccc(CNC(=O)C(C)Cl)cc1O. The quantitative estimate of drug-likeness (QED) is 0.791. The average Bonchev–Trinajstić information content (AvgIpc) is 2.25. The van der Waals surface area contributed by atoms with Crippen LogP contribution in [0.3, 0.4) is 0 Å². The molecule has 0 saturated carbocycles. The van der Waals surface area contributed by atoms with E-state index in [0.717, 1.165) is 5.56 Å². The minimum atomic E-state index is -0.563. The Morgan fingerprint density at radius 1 is 1.62 bits per heavy atom. The zero-order valence-corrected chi connectivity index (χ0v) is 9.91. The van der Waals surface area contributed by atoms with E-state index in [2.05, 4.69) is 5.32 Å². The van der Waals surface area contributed by atoms with Gasteiger partial charge < -0.3 is 15.2 Å². The van der Waals surface area contributed by atoms with E-state index in [-0.39, 0.29) is 11.7 Å². The van der Waals surface area contributed by atoms with Gasteiger partial charge in [-0.2, -0.15) is 0 Å². The second kappa shape index (κ2) is 5.61. The summed E-state index contributed by atoms with van der Waals surface area (Å²) in [5.41, 5.74) is 0.781. The number of methoxy groups -OCH3 is 1. The van der Waals surface area contributed by atoms with Crippen LogP contribution in [-0.4, -0.2) is 23.5 Å². The average molecular weight is 244 g/mol. The second-order valence-electron chi connectivity index (χ2n) is 3.34. The van der Waals surface area contributed by atoms with Crippen molar-refractivity contribution in [3.63, 3.8) is 0 Å². The van der Waals surface area contributed by atoms with E-state index in [1.165, 1.54) is 13.2 Å². The smallest absolute Gasteiger partial charge is 0.238 e. The number of amides is 1. The highest BCUT2D eigenvalue weighted by atomic mass is 35.5. The Morgan fingerprint density at radius 2 is 2.31 bits per heavy atom. The van der Waals surface area contributed by atoms with Crippen LogP contribution in [0, 0.1) is 0 Å². The van der Waals surface area contributed by atoms with Crippen molar-refractivity contribution >= 4 is 17.5 Å². The van der Waals surface area contributed by atoms with E-state index in [0.29, 0.717) is 12.3 Å². The number of halogens is 1. The number of rotatable bonds is 4. The highest BCUT2D eigenvalue weighted by molar-refractivity contribution is 6.30. The summed E-state index contributed by atoms with van der Waals surface area (Å²) in [5, 5.41) is 11.6. The molecule has 0 bridgehead atoms. The molecule has 0 heterocycles. The van der Waals surface area contributed by atoms with Gasteiger partial charge in [-0.25, -0.2) is 0 Å². The van der Waals surface area contributed by atoms with Crippen molar-refractivity contribution < 1.29 is 14.6 Å². The molecule has 0 aliphatic carbocycles. The Labute approximate surface area is 99.2 Å². The van der Waals surface area contributed by atoms with Crippen molar-refractivity contribution in [1.29, 1.82) is 0 Å². The molecule has 1 atom stereocenters. The Kier molecular flexibility index (Phi) is 4.43. The number of alkyl halides is 1. The van der Waals surface area contributed by atoms with Gasteiger partial charge in [0, 0.05) is 6.54 Å². The molecular formula is C11H14ClNO3. The number of carbonyl (C=O) groups excluding carboxylic acids is 1. The molecule has 4 nitrogen and oxygen atoms in total. The van der Waals surface area contributed by atoms with Crippen molar-refractivity contribution in [2.75, 3.05) is 7.11 Å². The molecule has 88 valence electrons. The van der Waals surface area contributed by atoms with Crippen molar-refractivity contribution in [1.82, 2.24) is 5.32 Å². The van der Waals surface area contributed by atoms with E-state index in [9.17, 15) is 9.90 Å². The molecular weight excluding hydrogens is 230 g/mol. The summed E-state index contributed by atoms with van der Waals surface area (Å²) < 4.78 is 4.91. The maximum atomic E-state index is 11.2. The standard InChI is InChI=1S/C11H14ClNO3/c1-7(12)11(15)13-6-8-3-4-10(16-2)9(14)5-8/h3-5,7,14H,6H2,1-2H3,(H,13,15). The minimum Gasteiger partial charge on any atom is -0.504 e. The van der Waals surface area contributed by atoms with Crippen LogP contribution >= 0.6 is 11.6 Å². The van der Waals surface area contributed by atoms with Crippen LogP contribution in [0.15, 0.2) is 18.2 Å². The maximum absolute atomic E-state index is 11.2.